The van der Waals surface area contributed by atoms with Crippen LogP contribution in [-0.4, -0.2) is 54.0 Å². The Morgan fingerprint density at radius 1 is 1.14 bits per heavy atom. The topological polar surface area (TPSA) is 114 Å². The fraction of sp³-hybridized carbons (Fsp3) is 0.357. The first-order chi connectivity index (χ1) is 19.8. The molecule has 0 spiro atoms. The summed E-state index contributed by atoms with van der Waals surface area (Å²) in [6.07, 6.45) is 0.384. The lowest BCUT2D eigenvalue weighted by Crippen LogP contribution is -2.46. The van der Waals surface area contributed by atoms with Gasteiger partial charge in [-0.05, 0) is 43.9 Å². The van der Waals surface area contributed by atoms with E-state index in [1.807, 2.05) is 13.8 Å². The molecular formula is C28H27BrF3N7O3. The quantitative estimate of drug-likeness (QED) is 0.348. The van der Waals surface area contributed by atoms with Crippen LogP contribution in [0.5, 0.6) is 0 Å². The van der Waals surface area contributed by atoms with Crippen molar-refractivity contribution in [1.29, 1.82) is 0 Å². The standard InChI is InChI=1S/C28H27BrF3N7O3/c1-14(2)7-17-12-36-39-22-13-37(25(41)16-5-6-21(29)20(9-16)28(30,31)32)15(3)8-19(22)26(42)38(24(17)39)27-34-10-18(11-35-27)23(40)33-4/h5-6,9-12,14-15H,7-8,13H2,1-4H3,(H,33,40). The highest BCUT2D eigenvalue weighted by molar-refractivity contribution is 9.10. The molecule has 0 saturated heterocycles. The van der Waals surface area contributed by atoms with Crippen molar-refractivity contribution in [1.82, 2.24) is 34.4 Å². The highest BCUT2D eigenvalue weighted by atomic mass is 79.9. The largest absolute Gasteiger partial charge is 0.417 e. The number of carbonyl (C=O) groups is 2. The summed E-state index contributed by atoms with van der Waals surface area (Å²) in [6.45, 7) is 5.74. The van der Waals surface area contributed by atoms with Gasteiger partial charge in [0.15, 0.2) is 0 Å². The van der Waals surface area contributed by atoms with E-state index in [1.165, 1.54) is 41.0 Å². The van der Waals surface area contributed by atoms with Crippen LogP contribution in [0.15, 0.2) is 46.1 Å². The summed E-state index contributed by atoms with van der Waals surface area (Å²) in [4.78, 5) is 49.7. The van der Waals surface area contributed by atoms with Crippen molar-refractivity contribution in [2.45, 2.75) is 52.4 Å². The Hall–Kier alpha value is -4.07. The van der Waals surface area contributed by atoms with E-state index >= 15 is 0 Å². The van der Waals surface area contributed by atoms with Gasteiger partial charge in [-0.2, -0.15) is 18.3 Å². The lowest BCUT2D eigenvalue weighted by atomic mass is 9.97. The van der Waals surface area contributed by atoms with Gasteiger partial charge in [0, 0.05) is 46.6 Å². The van der Waals surface area contributed by atoms with E-state index in [0.717, 1.165) is 11.6 Å². The highest BCUT2D eigenvalue weighted by Gasteiger charge is 2.36. The van der Waals surface area contributed by atoms with Gasteiger partial charge in [-0.25, -0.2) is 19.1 Å². The van der Waals surface area contributed by atoms with Crippen molar-refractivity contribution in [3.63, 3.8) is 0 Å². The molecule has 0 saturated carbocycles. The maximum absolute atomic E-state index is 14.1. The van der Waals surface area contributed by atoms with E-state index in [-0.39, 0.29) is 46.3 Å². The molecule has 10 nitrogen and oxygen atoms in total. The number of nitrogens with zero attached hydrogens (tertiary/aromatic N) is 6. The third-order valence-corrected chi connectivity index (χ3v) is 7.87. The Morgan fingerprint density at radius 2 is 1.83 bits per heavy atom. The van der Waals surface area contributed by atoms with Crippen molar-refractivity contribution >= 4 is 33.4 Å². The number of hydrogen-bond donors (Lipinski definition) is 1. The van der Waals surface area contributed by atoms with Gasteiger partial charge < -0.3 is 10.2 Å². The van der Waals surface area contributed by atoms with E-state index in [9.17, 15) is 27.6 Å². The third kappa shape index (κ3) is 5.19. The normalized spacial score (nSPS) is 15.3. The summed E-state index contributed by atoms with van der Waals surface area (Å²) in [7, 11) is 1.49. The molecule has 14 heteroatoms. The number of hydrogen-bond acceptors (Lipinski definition) is 6. The van der Waals surface area contributed by atoms with E-state index < -0.39 is 29.2 Å². The molecule has 0 bridgehead atoms. The molecule has 1 atom stereocenters. The summed E-state index contributed by atoms with van der Waals surface area (Å²) >= 11 is 2.92. The van der Waals surface area contributed by atoms with Gasteiger partial charge in [0.1, 0.15) is 5.65 Å². The number of benzene rings is 1. The molecule has 0 radical (unpaired) electrons. The lowest BCUT2D eigenvalue weighted by molar-refractivity contribution is -0.138. The molecule has 1 aliphatic heterocycles. The maximum atomic E-state index is 14.1. The van der Waals surface area contributed by atoms with Gasteiger partial charge in [0.2, 0.25) is 5.95 Å². The first kappa shape index (κ1) is 29.4. The molecule has 0 fully saturated rings. The number of rotatable bonds is 5. The number of amides is 2. The molecule has 0 aliphatic carbocycles. The predicted molar refractivity (Wildman–Crippen MR) is 150 cm³/mol. The zero-order valence-corrected chi connectivity index (χ0v) is 24.7. The summed E-state index contributed by atoms with van der Waals surface area (Å²) in [5.74, 6) is -0.689. The second-order valence-electron chi connectivity index (χ2n) is 10.6. The number of nitrogens with one attached hydrogen (secondary N) is 1. The Labute approximate surface area is 246 Å². The number of fused-ring (bicyclic) bond motifs is 3. The van der Waals surface area contributed by atoms with Gasteiger partial charge >= 0.3 is 6.18 Å². The minimum atomic E-state index is -4.64. The van der Waals surface area contributed by atoms with Crippen LogP contribution < -0.4 is 10.9 Å². The number of halogens is 4. The molecule has 1 aliphatic rings. The van der Waals surface area contributed by atoms with E-state index in [2.05, 4.69) is 36.3 Å². The second kappa shape index (κ2) is 11.0. The van der Waals surface area contributed by atoms with E-state index in [0.29, 0.717) is 23.3 Å². The first-order valence-corrected chi connectivity index (χ1v) is 14.0. The predicted octanol–water partition coefficient (Wildman–Crippen LogP) is 4.20. The molecule has 220 valence electrons. The summed E-state index contributed by atoms with van der Waals surface area (Å²) in [5, 5.41) is 7.07. The zero-order valence-electron chi connectivity index (χ0n) is 23.2. The molecule has 2 amide bonds. The van der Waals surface area contributed by atoms with Crippen LogP contribution in [0.2, 0.25) is 0 Å². The molecule has 1 unspecified atom stereocenters. The fourth-order valence-electron chi connectivity index (χ4n) is 5.17. The van der Waals surface area contributed by atoms with Gasteiger partial charge in [-0.1, -0.05) is 29.8 Å². The average molecular weight is 646 g/mol. The molecule has 5 rings (SSSR count). The van der Waals surface area contributed by atoms with Crippen molar-refractivity contribution in [3.8, 4) is 5.95 Å². The van der Waals surface area contributed by atoms with Gasteiger partial charge in [-0.15, -0.1) is 0 Å². The lowest BCUT2D eigenvalue weighted by Gasteiger charge is -2.35. The van der Waals surface area contributed by atoms with Crippen molar-refractivity contribution in [2.75, 3.05) is 7.05 Å². The van der Waals surface area contributed by atoms with Crippen LogP contribution in [0.3, 0.4) is 0 Å². The van der Waals surface area contributed by atoms with E-state index in [1.54, 1.807) is 17.6 Å². The molecule has 3 aromatic heterocycles. The molecule has 4 aromatic rings. The molecule has 1 N–H and O–H groups in total. The Bertz CT molecular complexity index is 1760. The SMILES string of the molecule is CNC(=O)c1cnc(-n2c(=O)c3c(n4ncc(CC(C)C)c24)CN(C(=O)c2ccc(Br)c(C(F)(F)F)c2)C(C)C3)nc1. The van der Waals surface area contributed by atoms with Crippen LogP contribution >= 0.6 is 15.9 Å². The minimum Gasteiger partial charge on any atom is -0.355 e. The molecular weight excluding hydrogens is 619 g/mol. The highest BCUT2D eigenvalue weighted by Crippen LogP contribution is 2.36. The van der Waals surface area contributed by atoms with E-state index in [4.69, 9.17) is 0 Å². The summed E-state index contributed by atoms with van der Waals surface area (Å²) in [5.41, 5.74) is 0.800. The Balaban J connectivity index is 1.64. The zero-order chi connectivity index (χ0) is 30.5. The smallest absolute Gasteiger partial charge is 0.355 e. The molecule has 4 heterocycles. The van der Waals surface area contributed by atoms with Crippen LogP contribution in [0.4, 0.5) is 13.2 Å². The summed E-state index contributed by atoms with van der Waals surface area (Å²) < 4.78 is 43.4. The first-order valence-electron chi connectivity index (χ1n) is 13.2. The average Bonchev–Trinajstić information content (AvgIpc) is 3.34. The monoisotopic (exact) mass is 645 g/mol. The number of carbonyl (C=O) groups excluding carboxylic acids is 2. The van der Waals surface area contributed by atoms with Crippen LogP contribution in [0, 0.1) is 5.92 Å². The number of aromatic nitrogens is 5. The number of alkyl halides is 3. The molecule has 1 aromatic carbocycles. The maximum Gasteiger partial charge on any atom is 0.417 e. The Kier molecular flexibility index (Phi) is 7.68. The van der Waals surface area contributed by atoms with Crippen molar-refractivity contribution in [2.24, 2.45) is 5.92 Å². The van der Waals surface area contributed by atoms with Crippen LogP contribution in [0.25, 0.3) is 11.6 Å². The minimum absolute atomic E-state index is 0.0431. The molecule has 42 heavy (non-hydrogen) atoms. The third-order valence-electron chi connectivity index (χ3n) is 7.18. The van der Waals surface area contributed by atoms with Gasteiger partial charge in [-0.3, -0.25) is 14.4 Å². The fourth-order valence-corrected chi connectivity index (χ4v) is 5.64. The van der Waals surface area contributed by atoms with Gasteiger partial charge in [0.05, 0.1) is 29.6 Å². The van der Waals surface area contributed by atoms with Crippen LogP contribution in [-0.2, 0) is 25.6 Å². The van der Waals surface area contributed by atoms with Crippen LogP contribution in [0.1, 0.15) is 63.9 Å². The van der Waals surface area contributed by atoms with Crippen molar-refractivity contribution in [3.05, 3.63) is 85.1 Å². The van der Waals surface area contributed by atoms with Crippen molar-refractivity contribution < 1.29 is 22.8 Å². The second-order valence-corrected chi connectivity index (χ2v) is 11.5. The van der Waals surface area contributed by atoms with Gasteiger partial charge in [0.25, 0.3) is 17.4 Å². The Morgan fingerprint density at radius 3 is 2.45 bits per heavy atom. The summed E-state index contributed by atoms with van der Waals surface area (Å²) in [6, 6.07) is 2.86.